The van der Waals surface area contributed by atoms with Crippen LogP contribution in [0, 0.1) is 13.8 Å². The molecular formula is C22H25N5O3S. The van der Waals surface area contributed by atoms with E-state index in [9.17, 15) is 13.2 Å². The molecule has 1 saturated heterocycles. The molecule has 1 aliphatic rings. The lowest BCUT2D eigenvalue weighted by molar-refractivity contribution is 0.0945. The van der Waals surface area contributed by atoms with Crippen LogP contribution in [0.25, 0.3) is 5.69 Å². The Morgan fingerprint density at radius 3 is 2.45 bits per heavy atom. The Bertz CT molecular complexity index is 1200. The highest BCUT2D eigenvalue weighted by atomic mass is 32.2. The minimum Gasteiger partial charge on any atom is -0.347 e. The van der Waals surface area contributed by atoms with E-state index in [1.165, 1.54) is 4.31 Å². The van der Waals surface area contributed by atoms with Gasteiger partial charge >= 0.3 is 0 Å². The van der Waals surface area contributed by atoms with Crippen LogP contribution < -0.4 is 5.32 Å². The number of aryl methyl sites for hydroxylation is 1. The maximum Gasteiger partial charge on any atom is 0.274 e. The number of hydrogen-bond acceptors (Lipinski definition) is 5. The molecule has 2 heterocycles. The van der Waals surface area contributed by atoms with Crippen LogP contribution in [0.1, 0.15) is 40.2 Å². The molecular weight excluding hydrogens is 414 g/mol. The maximum atomic E-state index is 12.6. The highest BCUT2D eigenvalue weighted by Crippen LogP contribution is 2.21. The van der Waals surface area contributed by atoms with E-state index in [0.717, 1.165) is 29.7 Å². The molecule has 1 aromatic heterocycles. The molecule has 162 valence electrons. The molecule has 0 unspecified atom stereocenters. The molecule has 0 atom stereocenters. The van der Waals surface area contributed by atoms with Crippen LogP contribution in [0.3, 0.4) is 0 Å². The maximum absolute atomic E-state index is 12.6. The van der Waals surface area contributed by atoms with E-state index in [0.29, 0.717) is 18.8 Å². The van der Waals surface area contributed by atoms with E-state index in [2.05, 4.69) is 15.6 Å². The van der Waals surface area contributed by atoms with Gasteiger partial charge in [-0.25, -0.2) is 13.1 Å². The average Bonchev–Trinajstić information content (AvgIpc) is 3.43. The number of nitrogens with one attached hydrogen (secondary N) is 1. The lowest BCUT2D eigenvalue weighted by Crippen LogP contribution is -2.28. The summed E-state index contributed by atoms with van der Waals surface area (Å²) in [6.45, 7) is 5.20. The van der Waals surface area contributed by atoms with Crippen molar-refractivity contribution in [3.8, 4) is 5.69 Å². The molecule has 0 aliphatic carbocycles. The van der Waals surface area contributed by atoms with E-state index in [4.69, 9.17) is 0 Å². The van der Waals surface area contributed by atoms with Crippen molar-refractivity contribution in [2.45, 2.75) is 38.1 Å². The summed E-state index contributed by atoms with van der Waals surface area (Å²) in [5.74, 6) is -0.329. The number of sulfonamides is 1. The molecule has 9 heteroatoms. The van der Waals surface area contributed by atoms with Gasteiger partial charge in [0, 0.05) is 19.6 Å². The van der Waals surface area contributed by atoms with Gasteiger partial charge in [-0.05, 0) is 62.1 Å². The normalized spacial score (nSPS) is 14.6. The third kappa shape index (κ3) is 4.38. The first-order valence-corrected chi connectivity index (χ1v) is 11.7. The van der Waals surface area contributed by atoms with Crippen LogP contribution in [-0.4, -0.2) is 46.7 Å². The number of amides is 1. The Morgan fingerprint density at radius 2 is 1.77 bits per heavy atom. The average molecular weight is 440 g/mol. The summed E-state index contributed by atoms with van der Waals surface area (Å²) in [7, 11) is -3.44. The van der Waals surface area contributed by atoms with E-state index in [1.807, 2.05) is 31.2 Å². The first kappa shape index (κ1) is 21.2. The summed E-state index contributed by atoms with van der Waals surface area (Å²) in [6, 6.07) is 14.4. The molecule has 1 fully saturated rings. The number of carbonyl (C=O) groups is 1. The smallest absolute Gasteiger partial charge is 0.274 e. The van der Waals surface area contributed by atoms with Gasteiger partial charge in [0.15, 0.2) is 5.69 Å². The molecule has 31 heavy (non-hydrogen) atoms. The van der Waals surface area contributed by atoms with Gasteiger partial charge in [0.1, 0.15) is 0 Å². The van der Waals surface area contributed by atoms with Crippen LogP contribution in [0.5, 0.6) is 0 Å². The molecule has 0 spiro atoms. The second-order valence-corrected chi connectivity index (χ2v) is 9.65. The molecule has 3 aromatic rings. The van der Waals surface area contributed by atoms with Crippen LogP contribution in [0.2, 0.25) is 0 Å². The van der Waals surface area contributed by atoms with Crippen LogP contribution in [0.4, 0.5) is 0 Å². The Kier molecular flexibility index (Phi) is 5.88. The highest BCUT2D eigenvalue weighted by Gasteiger charge is 2.27. The van der Waals surface area contributed by atoms with Gasteiger partial charge in [-0.3, -0.25) is 4.79 Å². The molecule has 1 aliphatic heterocycles. The van der Waals surface area contributed by atoms with Gasteiger partial charge in [0.05, 0.1) is 16.3 Å². The molecule has 0 radical (unpaired) electrons. The van der Waals surface area contributed by atoms with Crippen LogP contribution in [-0.2, 0) is 16.6 Å². The Hall–Kier alpha value is -3.04. The molecule has 1 N–H and O–H groups in total. The number of nitrogens with zero attached hydrogens (tertiary/aromatic N) is 4. The van der Waals surface area contributed by atoms with Gasteiger partial charge in [-0.2, -0.15) is 4.31 Å². The van der Waals surface area contributed by atoms with Crippen molar-refractivity contribution >= 4 is 15.9 Å². The van der Waals surface area contributed by atoms with Gasteiger partial charge < -0.3 is 5.32 Å². The second-order valence-electron chi connectivity index (χ2n) is 7.71. The standard InChI is InChI=1S/C22H25N5O3S/c1-16-6-5-7-19(14-16)27-17(2)21(24-25-27)22(28)23-15-18-8-10-20(11-9-18)31(29,30)26-12-3-4-13-26/h5-11,14H,3-4,12-13,15H2,1-2H3,(H,23,28). The van der Waals surface area contributed by atoms with Crippen molar-refractivity contribution in [1.29, 1.82) is 0 Å². The first-order chi connectivity index (χ1) is 14.9. The zero-order chi connectivity index (χ0) is 22.0. The number of aromatic nitrogens is 3. The second kappa shape index (κ2) is 8.60. The summed E-state index contributed by atoms with van der Waals surface area (Å²) in [5.41, 5.74) is 3.65. The predicted molar refractivity (Wildman–Crippen MR) is 116 cm³/mol. The summed E-state index contributed by atoms with van der Waals surface area (Å²) >= 11 is 0. The van der Waals surface area contributed by atoms with Crippen LogP contribution in [0.15, 0.2) is 53.4 Å². The minimum atomic E-state index is -3.44. The summed E-state index contributed by atoms with van der Waals surface area (Å²) in [4.78, 5) is 12.9. The SMILES string of the molecule is Cc1cccc(-n2nnc(C(=O)NCc3ccc(S(=O)(=O)N4CCCC4)cc3)c2C)c1. The van der Waals surface area contributed by atoms with Crippen molar-refractivity contribution in [3.05, 3.63) is 71.0 Å². The molecule has 8 nitrogen and oxygen atoms in total. The lowest BCUT2D eigenvalue weighted by Gasteiger charge is -2.15. The first-order valence-electron chi connectivity index (χ1n) is 10.2. The summed E-state index contributed by atoms with van der Waals surface area (Å²) < 4.78 is 28.4. The number of hydrogen-bond donors (Lipinski definition) is 1. The van der Waals surface area contributed by atoms with E-state index >= 15 is 0 Å². The zero-order valence-electron chi connectivity index (χ0n) is 17.6. The minimum absolute atomic E-state index is 0.259. The predicted octanol–water partition coefficient (Wildman–Crippen LogP) is 2.60. The lowest BCUT2D eigenvalue weighted by atomic mass is 10.2. The molecule has 0 saturated carbocycles. The summed E-state index contributed by atoms with van der Waals surface area (Å²) in [6.07, 6.45) is 1.80. The third-order valence-corrected chi connectivity index (χ3v) is 7.35. The van der Waals surface area contributed by atoms with Crippen molar-refractivity contribution < 1.29 is 13.2 Å². The number of carbonyl (C=O) groups excluding carboxylic acids is 1. The van der Waals surface area contributed by atoms with E-state index in [1.54, 1.807) is 35.9 Å². The van der Waals surface area contributed by atoms with Crippen LogP contribution >= 0.6 is 0 Å². The van der Waals surface area contributed by atoms with Gasteiger partial charge in [0.2, 0.25) is 10.0 Å². The van der Waals surface area contributed by atoms with Crippen molar-refractivity contribution in [2.24, 2.45) is 0 Å². The van der Waals surface area contributed by atoms with E-state index in [-0.39, 0.29) is 23.0 Å². The topological polar surface area (TPSA) is 97.2 Å². The molecule has 1 amide bonds. The van der Waals surface area contributed by atoms with E-state index < -0.39 is 10.0 Å². The fourth-order valence-corrected chi connectivity index (χ4v) is 5.18. The third-order valence-electron chi connectivity index (χ3n) is 5.44. The Labute approximate surface area is 181 Å². The quantitative estimate of drug-likeness (QED) is 0.637. The monoisotopic (exact) mass is 439 g/mol. The molecule has 2 aromatic carbocycles. The van der Waals surface area contributed by atoms with Crippen molar-refractivity contribution in [1.82, 2.24) is 24.6 Å². The Morgan fingerprint density at radius 1 is 1.06 bits per heavy atom. The van der Waals surface area contributed by atoms with Gasteiger partial charge in [-0.1, -0.05) is 29.5 Å². The van der Waals surface area contributed by atoms with Crippen molar-refractivity contribution in [3.63, 3.8) is 0 Å². The number of benzene rings is 2. The highest BCUT2D eigenvalue weighted by molar-refractivity contribution is 7.89. The van der Waals surface area contributed by atoms with Crippen molar-refractivity contribution in [2.75, 3.05) is 13.1 Å². The van der Waals surface area contributed by atoms with Gasteiger partial charge in [-0.15, -0.1) is 5.10 Å². The fourth-order valence-electron chi connectivity index (χ4n) is 3.67. The van der Waals surface area contributed by atoms with Gasteiger partial charge in [0.25, 0.3) is 5.91 Å². The fraction of sp³-hybridized carbons (Fsp3) is 0.318. The zero-order valence-corrected chi connectivity index (χ0v) is 18.4. The summed E-state index contributed by atoms with van der Waals surface area (Å²) in [5, 5.41) is 11.0. The molecule has 0 bridgehead atoms. The molecule has 4 rings (SSSR count). The Balaban J connectivity index is 1.42. The largest absolute Gasteiger partial charge is 0.347 e. The number of rotatable bonds is 6.